The molecule has 0 aliphatic heterocycles. The molecule has 0 heterocycles. The first-order valence-corrected chi connectivity index (χ1v) is 6.84. The van der Waals surface area contributed by atoms with E-state index in [0.29, 0.717) is 6.54 Å². The van der Waals surface area contributed by atoms with E-state index in [-0.39, 0.29) is 17.9 Å². The molecule has 0 bridgehead atoms. The summed E-state index contributed by atoms with van der Waals surface area (Å²) >= 11 is 0. The van der Waals surface area contributed by atoms with Crippen molar-refractivity contribution in [3.8, 4) is 0 Å². The van der Waals surface area contributed by atoms with E-state index in [1.807, 2.05) is 0 Å². The minimum Gasteiger partial charge on any atom is -0.385 e. The number of hydrogen-bond donors (Lipinski definition) is 2. The second-order valence-corrected chi connectivity index (χ2v) is 5.21. The highest BCUT2D eigenvalue weighted by atomic mass is 16.5. The molecule has 1 saturated carbocycles. The van der Waals surface area contributed by atoms with Crippen LogP contribution < -0.4 is 11.1 Å². The van der Waals surface area contributed by atoms with Gasteiger partial charge in [-0.3, -0.25) is 4.79 Å². The zero-order valence-corrected chi connectivity index (χ0v) is 11.7. The molecule has 18 heavy (non-hydrogen) atoms. The summed E-state index contributed by atoms with van der Waals surface area (Å²) in [5.74, 6) is 0.312. The monoisotopic (exact) mass is 257 g/mol. The van der Waals surface area contributed by atoms with Crippen LogP contribution in [0.4, 0.5) is 0 Å². The number of nitrogens with two attached hydrogens (primary N) is 1. The van der Waals surface area contributed by atoms with Crippen LogP contribution in [0, 0.1) is 5.92 Å². The molecule has 0 spiro atoms. The Morgan fingerprint density at radius 1 is 1.44 bits per heavy atom. The van der Waals surface area contributed by atoms with Crippen LogP contribution >= 0.6 is 0 Å². The quantitative estimate of drug-likeness (QED) is 0.610. The Morgan fingerprint density at radius 3 is 2.83 bits per heavy atom. The van der Waals surface area contributed by atoms with Crippen LogP contribution in [-0.2, 0) is 9.53 Å². The molecule has 0 saturated heterocycles. The minimum atomic E-state index is 0.138. The number of hydrogen-bond acceptors (Lipinski definition) is 4. The molecule has 1 rings (SSSR count). The number of carbonyl (C=O) groups is 1. The molecule has 106 valence electrons. The number of amides is 1. The van der Waals surface area contributed by atoms with Crippen LogP contribution in [0.15, 0.2) is 0 Å². The summed E-state index contributed by atoms with van der Waals surface area (Å²) in [4.78, 5) is 14.0. The van der Waals surface area contributed by atoms with Gasteiger partial charge in [-0.05, 0) is 32.7 Å². The number of methoxy groups -OCH3 is 1. The van der Waals surface area contributed by atoms with E-state index in [1.165, 1.54) is 0 Å². The highest BCUT2D eigenvalue weighted by Crippen LogP contribution is 2.23. The molecule has 2 atom stereocenters. The van der Waals surface area contributed by atoms with E-state index < -0.39 is 0 Å². The van der Waals surface area contributed by atoms with Crippen molar-refractivity contribution in [3.05, 3.63) is 0 Å². The molecule has 0 aromatic carbocycles. The van der Waals surface area contributed by atoms with Crippen LogP contribution in [0.3, 0.4) is 0 Å². The molecule has 2 unspecified atom stereocenters. The molecule has 1 aliphatic carbocycles. The maximum absolute atomic E-state index is 11.8. The number of rotatable bonds is 8. The fourth-order valence-electron chi connectivity index (χ4n) is 2.36. The summed E-state index contributed by atoms with van der Waals surface area (Å²) in [5, 5.41) is 3.00. The number of nitrogens with zero attached hydrogens (tertiary/aromatic N) is 1. The molecule has 0 aromatic rings. The van der Waals surface area contributed by atoms with Gasteiger partial charge in [0.15, 0.2) is 0 Å². The first-order chi connectivity index (χ1) is 8.63. The molecule has 1 aliphatic rings. The van der Waals surface area contributed by atoms with Crippen molar-refractivity contribution in [2.45, 2.75) is 31.7 Å². The smallest absolute Gasteiger partial charge is 0.223 e. The van der Waals surface area contributed by atoms with E-state index in [1.54, 1.807) is 7.11 Å². The van der Waals surface area contributed by atoms with Gasteiger partial charge >= 0.3 is 0 Å². The van der Waals surface area contributed by atoms with Gasteiger partial charge in [0.1, 0.15) is 0 Å². The fraction of sp³-hybridized carbons (Fsp3) is 0.923. The number of carbonyl (C=O) groups excluding carboxylic acids is 1. The highest BCUT2D eigenvalue weighted by Gasteiger charge is 2.27. The average molecular weight is 257 g/mol. The van der Waals surface area contributed by atoms with Crippen LogP contribution in [-0.4, -0.2) is 57.2 Å². The van der Waals surface area contributed by atoms with Gasteiger partial charge in [0.25, 0.3) is 0 Å². The third-order valence-electron chi connectivity index (χ3n) is 3.53. The molecule has 1 amide bonds. The van der Waals surface area contributed by atoms with Gasteiger partial charge in [0, 0.05) is 45.3 Å². The molecule has 3 N–H and O–H groups in total. The first kappa shape index (κ1) is 15.4. The third-order valence-corrected chi connectivity index (χ3v) is 3.53. The van der Waals surface area contributed by atoms with Crippen molar-refractivity contribution in [1.29, 1.82) is 0 Å². The first-order valence-electron chi connectivity index (χ1n) is 6.84. The largest absolute Gasteiger partial charge is 0.385 e. The third kappa shape index (κ3) is 5.80. The van der Waals surface area contributed by atoms with Crippen molar-refractivity contribution in [2.75, 3.05) is 40.4 Å². The van der Waals surface area contributed by atoms with Gasteiger partial charge in [0.05, 0.1) is 0 Å². The average Bonchev–Trinajstić information content (AvgIpc) is 2.76. The Kier molecular flexibility index (Phi) is 7.23. The summed E-state index contributed by atoms with van der Waals surface area (Å²) in [6, 6.07) is 0.220. The van der Waals surface area contributed by atoms with Crippen LogP contribution in [0.5, 0.6) is 0 Å². The van der Waals surface area contributed by atoms with Crippen LogP contribution in [0.2, 0.25) is 0 Å². The molecule has 5 heteroatoms. The van der Waals surface area contributed by atoms with Crippen LogP contribution in [0.1, 0.15) is 25.7 Å². The summed E-state index contributed by atoms with van der Waals surface area (Å²) in [6.45, 7) is 3.39. The van der Waals surface area contributed by atoms with Crippen molar-refractivity contribution < 1.29 is 9.53 Å². The van der Waals surface area contributed by atoms with E-state index in [9.17, 15) is 4.79 Å². The number of nitrogens with one attached hydrogen (secondary N) is 1. The van der Waals surface area contributed by atoms with Gasteiger partial charge in [-0.25, -0.2) is 0 Å². The Bertz CT molecular complexity index is 248. The molecule has 1 fully saturated rings. The second-order valence-electron chi connectivity index (χ2n) is 5.21. The standard InChI is InChI=1S/C13H27N3O2/c1-16(7-3-9-18-2)8-6-15-13(17)11-4-5-12(14)10-11/h11-12H,3-10,14H2,1-2H3,(H,15,17). The highest BCUT2D eigenvalue weighted by molar-refractivity contribution is 5.78. The predicted molar refractivity (Wildman–Crippen MR) is 72.3 cm³/mol. The molecule has 0 aromatic heterocycles. The number of ether oxygens (including phenoxy) is 1. The van der Waals surface area contributed by atoms with Gasteiger partial charge in [-0.1, -0.05) is 0 Å². The maximum atomic E-state index is 11.8. The van der Waals surface area contributed by atoms with Gasteiger partial charge in [-0.2, -0.15) is 0 Å². The molecular weight excluding hydrogens is 230 g/mol. The summed E-state index contributed by atoms with van der Waals surface area (Å²) in [5.41, 5.74) is 5.81. The zero-order valence-electron chi connectivity index (χ0n) is 11.7. The van der Waals surface area contributed by atoms with Gasteiger partial charge < -0.3 is 20.7 Å². The zero-order chi connectivity index (χ0) is 13.4. The fourth-order valence-corrected chi connectivity index (χ4v) is 2.36. The van der Waals surface area contributed by atoms with Gasteiger partial charge in [0.2, 0.25) is 5.91 Å². The van der Waals surface area contributed by atoms with E-state index >= 15 is 0 Å². The summed E-state index contributed by atoms with van der Waals surface area (Å²) in [7, 11) is 3.78. The van der Waals surface area contributed by atoms with Crippen molar-refractivity contribution in [1.82, 2.24) is 10.2 Å². The number of likely N-dealkylation sites (N-methyl/N-ethyl adjacent to an activating group) is 1. The summed E-state index contributed by atoms with van der Waals surface area (Å²) < 4.78 is 5.00. The lowest BCUT2D eigenvalue weighted by atomic mass is 10.1. The molecule has 0 radical (unpaired) electrons. The predicted octanol–water partition coefficient (Wildman–Crippen LogP) is 0.198. The normalized spacial score (nSPS) is 23.6. The van der Waals surface area contributed by atoms with Crippen molar-refractivity contribution in [2.24, 2.45) is 11.7 Å². The minimum absolute atomic E-state index is 0.138. The van der Waals surface area contributed by atoms with E-state index in [4.69, 9.17) is 10.5 Å². The van der Waals surface area contributed by atoms with E-state index in [2.05, 4.69) is 17.3 Å². The van der Waals surface area contributed by atoms with Gasteiger partial charge in [-0.15, -0.1) is 0 Å². The van der Waals surface area contributed by atoms with Crippen LogP contribution in [0.25, 0.3) is 0 Å². The molecular formula is C13H27N3O2. The van der Waals surface area contributed by atoms with E-state index in [0.717, 1.165) is 45.4 Å². The topological polar surface area (TPSA) is 67.6 Å². The van der Waals surface area contributed by atoms with Crippen molar-refractivity contribution >= 4 is 5.91 Å². The Hall–Kier alpha value is -0.650. The lowest BCUT2D eigenvalue weighted by Crippen LogP contribution is -2.36. The SMILES string of the molecule is COCCCN(C)CCNC(=O)C1CCC(N)C1. The Labute approximate surface area is 110 Å². The summed E-state index contributed by atoms with van der Waals surface area (Å²) in [6.07, 6.45) is 3.79. The lowest BCUT2D eigenvalue weighted by Gasteiger charge is -2.17. The Balaban J connectivity index is 2.04. The Morgan fingerprint density at radius 2 is 2.22 bits per heavy atom. The maximum Gasteiger partial charge on any atom is 0.223 e. The van der Waals surface area contributed by atoms with Crippen molar-refractivity contribution in [3.63, 3.8) is 0 Å². The lowest BCUT2D eigenvalue weighted by molar-refractivity contribution is -0.124. The molecule has 5 nitrogen and oxygen atoms in total. The second kappa shape index (κ2) is 8.45.